The lowest BCUT2D eigenvalue weighted by atomic mass is 10.1. The molecule has 0 fully saturated rings. The summed E-state index contributed by atoms with van der Waals surface area (Å²) in [7, 11) is 0. The molecule has 1 heterocycles. The zero-order valence-corrected chi connectivity index (χ0v) is 10.9. The minimum Gasteiger partial charge on any atom is -0.293 e. The normalized spacial score (nSPS) is 10.4. The number of aromatic amines is 1. The van der Waals surface area contributed by atoms with E-state index in [-0.39, 0.29) is 12.3 Å². The average Bonchev–Trinajstić information content (AvgIpc) is 2.36. The minimum absolute atomic E-state index is 0.142. The van der Waals surface area contributed by atoms with Crippen molar-refractivity contribution in [2.45, 2.75) is 13.5 Å². The molecule has 0 aliphatic rings. The fourth-order valence-electron chi connectivity index (χ4n) is 1.64. The Hall–Kier alpha value is -2.14. The maximum atomic E-state index is 12.0. The second kappa shape index (κ2) is 5.24. The zero-order valence-electron chi connectivity index (χ0n) is 10.1. The van der Waals surface area contributed by atoms with Crippen LogP contribution in [-0.4, -0.2) is 15.3 Å². The van der Waals surface area contributed by atoms with Gasteiger partial charge in [0.1, 0.15) is 0 Å². The summed E-state index contributed by atoms with van der Waals surface area (Å²) in [4.78, 5) is 36.9. The van der Waals surface area contributed by atoms with Crippen LogP contribution in [0.2, 0.25) is 5.02 Å². The molecule has 5 nitrogen and oxygen atoms in total. The molecule has 0 aliphatic carbocycles. The summed E-state index contributed by atoms with van der Waals surface area (Å²) in [5, 5.41) is 0.454. The molecule has 1 aromatic heterocycles. The van der Waals surface area contributed by atoms with Crippen LogP contribution in [0.25, 0.3) is 0 Å². The Kier molecular flexibility index (Phi) is 3.66. The van der Waals surface area contributed by atoms with E-state index in [9.17, 15) is 14.4 Å². The van der Waals surface area contributed by atoms with Crippen LogP contribution in [-0.2, 0) is 6.54 Å². The van der Waals surface area contributed by atoms with Gasteiger partial charge in [-0.2, -0.15) is 0 Å². The highest BCUT2D eigenvalue weighted by Crippen LogP contribution is 2.11. The summed E-state index contributed by atoms with van der Waals surface area (Å²) in [5.74, 6) is -0.254. The van der Waals surface area contributed by atoms with Crippen molar-refractivity contribution in [2.24, 2.45) is 0 Å². The maximum absolute atomic E-state index is 12.0. The van der Waals surface area contributed by atoms with E-state index in [1.165, 1.54) is 16.8 Å². The van der Waals surface area contributed by atoms with E-state index in [2.05, 4.69) is 4.98 Å². The van der Waals surface area contributed by atoms with E-state index in [1.807, 2.05) is 0 Å². The summed E-state index contributed by atoms with van der Waals surface area (Å²) in [5.41, 5.74) is -0.260. The van der Waals surface area contributed by atoms with Gasteiger partial charge in [0.05, 0.1) is 6.54 Å². The van der Waals surface area contributed by atoms with Gasteiger partial charge in [0, 0.05) is 22.3 Å². The van der Waals surface area contributed by atoms with Gasteiger partial charge in [-0.1, -0.05) is 23.7 Å². The van der Waals surface area contributed by atoms with Gasteiger partial charge in [0.25, 0.3) is 5.56 Å². The van der Waals surface area contributed by atoms with Crippen molar-refractivity contribution in [1.29, 1.82) is 0 Å². The molecule has 0 aliphatic heterocycles. The Morgan fingerprint density at radius 2 is 2.11 bits per heavy atom. The summed E-state index contributed by atoms with van der Waals surface area (Å²) in [6.45, 7) is 1.43. The Morgan fingerprint density at radius 3 is 2.79 bits per heavy atom. The fourth-order valence-corrected chi connectivity index (χ4v) is 1.83. The third-order valence-corrected chi connectivity index (χ3v) is 2.88. The number of aryl methyl sites for hydroxylation is 1. The number of hydrogen-bond donors (Lipinski definition) is 1. The number of nitrogens with zero attached hydrogens (tertiary/aromatic N) is 1. The number of halogens is 1. The largest absolute Gasteiger partial charge is 0.328 e. The highest BCUT2D eigenvalue weighted by atomic mass is 35.5. The molecule has 1 aromatic carbocycles. The molecule has 0 amide bonds. The number of ketones is 1. The van der Waals surface area contributed by atoms with Gasteiger partial charge in [-0.05, 0) is 19.1 Å². The van der Waals surface area contributed by atoms with Crippen LogP contribution < -0.4 is 11.2 Å². The van der Waals surface area contributed by atoms with Crippen LogP contribution >= 0.6 is 11.6 Å². The second-order valence-corrected chi connectivity index (χ2v) is 4.57. The van der Waals surface area contributed by atoms with Crippen LogP contribution in [0.15, 0.2) is 40.1 Å². The molecular weight excluding hydrogens is 268 g/mol. The number of benzene rings is 1. The van der Waals surface area contributed by atoms with E-state index in [0.29, 0.717) is 16.1 Å². The molecule has 0 unspecified atom stereocenters. The van der Waals surface area contributed by atoms with Gasteiger partial charge in [-0.15, -0.1) is 0 Å². The lowest BCUT2D eigenvalue weighted by Gasteiger charge is -2.05. The topological polar surface area (TPSA) is 71.9 Å². The molecule has 2 aromatic rings. The first-order valence-corrected chi connectivity index (χ1v) is 5.94. The summed E-state index contributed by atoms with van der Waals surface area (Å²) in [6.07, 6.45) is 1.36. The second-order valence-electron chi connectivity index (χ2n) is 4.13. The minimum atomic E-state index is -0.606. The highest BCUT2D eigenvalue weighted by Gasteiger charge is 2.09. The Labute approximate surface area is 113 Å². The van der Waals surface area contributed by atoms with Crippen molar-refractivity contribution < 1.29 is 4.79 Å². The smallest absolute Gasteiger partial charge is 0.293 e. The first kappa shape index (κ1) is 13.3. The van der Waals surface area contributed by atoms with Gasteiger partial charge in [-0.25, -0.2) is 4.79 Å². The number of nitrogens with one attached hydrogen (secondary N) is 1. The first-order valence-electron chi connectivity index (χ1n) is 5.56. The Bertz CT molecular complexity index is 746. The molecule has 2 rings (SSSR count). The number of aromatic nitrogens is 2. The molecule has 98 valence electrons. The van der Waals surface area contributed by atoms with E-state index >= 15 is 0 Å². The van der Waals surface area contributed by atoms with Crippen molar-refractivity contribution in [3.63, 3.8) is 0 Å². The predicted octanol–water partition coefficient (Wildman–Crippen LogP) is 1.38. The summed E-state index contributed by atoms with van der Waals surface area (Å²) in [6, 6.07) is 6.48. The van der Waals surface area contributed by atoms with E-state index < -0.39 is 11.2 Å². The van der Waals surface area contributed by atoms with Crippen LogP contribution in [0.1, 0.15) is 15.9 Å². The van der Waals surface area contributed by atoms with Crippen molar-refractivity contribution in [3.05, 3.63) is 67.4 Å². The lowest BCUT2D eigenvalue weighted by Crippen LogP contribution is -2.32. The van der Waals surface area contributed by atoms with E-state index in [0.717, 1.165) is 0 Å². The standard InChI is InChI=1S/C13H11ClN2O3/c1-8-6-16(13(19)15-12(8)18)7-11(17)9-3-2-4-10(14)5-9/h2-6H,7H2,1H3,(H,15,18,19). The molecular formula is C13H11ClN2O3. The Morgan fingerprint density at radius 1 is 1.37 bits per heavy atom. The number of Topliss-reactive ketones (excluding diaryl/α,β-unsaturated/α-hetero) is 1. The number of H-pyrrole nitrogens is 1. The molecule has 0 bridgehead atoms. The molecule has 0 atom stereocenters. The lowest BCUT2D eigenvalue weighted by molar-refractivity contribution is 0.0970. The van der Waals surface area contributed by atoms with Crippen LogP contribution in [0.5, 0.6) is 0 Å². The molecule has 0 saturated carbocycles. The van der Waals surface area contributed by atoms with Gasteiger partial charge < -0.3 is 0 Å². The zero-order chi connectivity index (χ0) is 14.0. The molecule has 6 heteroatoms. The van der Waals surface area contributed by atoms with E-state index in [4.69, 9.17) is 11.6 Å². The van der Waals surface area contributed by atoms with Gasteiger partial charge >= 0.3 is 5.69 Å². The maximum Gasteiger partial charge on any atom is 0.328 e. The van der Waals surface area contributed by atoms with Crippen LogP contribution in [0.4, 0.5) is 0 Å². The predicted molar refractivity (Wildman–Crippen MR) is 71.8 cm³/mol. The molecule has 0 saturated heterocycles. The van der Waals surface area contributed by atoms with Crippen LogP contribution in [0.3, 0.4) is 0 Å². The number of carbonyl (C=O) groups is 1. The molecule has 0 radical (unpaired) electrons. The monoisotopic (exact) mass is 278 g/mol. The Balaban J connectivity index is 2.32. The van der Waals surface area contributed by atoms with Crippen molar-refractivity contribution in [3.8, 4) is 0 Å². The van der Waals surface area contributed by atoms with Crippen molar-refractivity contribution in [2.75, 3.05) is 0 Å². The number of rotatable bonds is 3. The molecule has 19 heavy (non-hydrogen) atoms. The van der Waals surface area contributed by atoms with Crippen LogP contribution in [0, 0.1) is 6.92 Å². The van der Waals surface area contributed by atoms with Crippen molar-refractivity contribution >= 4 is 17.4 Å². The number of hydrogen-bond acceptors (Lipinski definition) is 3. The molecule has 1 N–H and O–H groups in total. The van der Waals surface area contributed by atoms with Gasteiger partial charge in [-0.3, -0.25) is 19.1 Å². The average molecular weight is 279 g/mol. The quantitative estimate of drug-likeness (QED) is 0.862. The summed E-state index contributed by atoms with van der Waals surface area (Å²) < 4.78 is 1.17. The third kappa shape index (κ3) is 3.00. The highest BCUT2D eigenvalue weighted by molar-refractivity contribution is 6.31. The van der Waals surface area contributed by atoms with Gasteiger partial charge in [0.2, 0.25) is 0 Å². The van der Waals surface area contributed by atoms with E-state index in [1.54, 1.807) is 25.1 Å². The summed E-state index contributed by atoms with van der Waals surface area (Å²) >= 11 is 5.80. The van der Waals surface area contributed by atoms with Crippen molar-refractivity contribution in [1.82, 2.24) is 9.55 Å². The third-order valence-electron chi connectivity index (χ3n) is 2.65. The SMILES string of the molecule is Cc1cn(CC(=O)c2cccc(Cl)c2)c(=O)[nH]c1=O. The van der Waals surface area contributed by atoms with Gasteiger partial charge in [0.15, 0.2) is 5.78 Å². The first-order chi connectivity index (χ1) is 8.97. The number of carbonyl (C=O) groups excluding carboxylic acids is 1. The fraction of sp³-hybridized carbons (Fsp3) is 0.154. The molecule has 0 spiro atoms.